The van der Waals surface area contributed by atoms with Gasteiger partial charge in [0.15, 0.2) is 0 Å². The van der Waals surface area contributed by atoms with Crippen molar-refractivity contribution in [2.45, 2.75) is 39.2 Å². The second kappa shape index (κ2) is 4.15. The molecule has 0 atom stereocenters. The minimum atomic E-state index is -0.809. The zero-order valence-corrected chi connectivity index (χ0v) is 10.8. The number of benzene rings is 1. The van der Waals surface area contributed by atoms with Crippen LogP contribution in [0.4, 0.5) is 5.69 Å². The van der Waals surface area contributed by atoms with Crippen LogP contribution in [0.15, 0.2) is 18.2 Å². The number of hydrogen-bond acceptors (Lipinski definition) is 2. The summed E-state index contributed by atoms with van der Waals surface area (Å²) in [6.07, 6.45) is 2.06. The predicted molar refractivity (Wildman–Crippen MR) is 70.1 cm³/mol. The third kappa shape index (κ3) is 2.20. The fraction of sp³-hybridized carbons (Fsp3) is 0.500. The molecule has 3 nitrogen and oxygen atoms in total. The van der Waals surface area contributed by atoms with Gasteiger partial charge < -0.3 is 10.6 Å². The number of nitrogens with zero attached hydrogens (tertiary/aromatic N) is 1. The van der Waals surface area contributed by atoms with Gasteiger partial charge in [-0.25, -0.2) is 0 Å². The van der Waals surface area contributed by atoms with E-state index in [0.29, 0.717) is 0 Å². The number of anilines is 1. The average Bonchev–Trinajstić information content (AvgIpc) is 2.26. The molecule has 0 unspecified atom stereocenters. The molecule has 0 saturated carbocycles. The Balaban J connectivity index is 2.45. The average molecular weight is 232 g/mol. The van der Waals surface area contributed by atoms with Gasteiger partial charge in [0.2, 0.25) is 5.91 Å². The third-order valence-electron chi connectivity index (χ3n) is 3.22. The third-order valence-corrected chi connectivity index (χ3v) is 3.22. The molecule has 0 spiro atoms. The molecule has 0 saturated heterocycles. The molecule has 1 aliphatic heterocycles. The Morgan fingerprint density at radius 2 is 2.12 bits per heavy atom. The van der Waals surface area contributed by atoms with E-state index in [-0.39, 0.29) is 5.91 Å². The number of carbonyl (C=O) groups is 1. The number of carbonyl (C=O) groups excluding carboxylic acids is 1. The Kier molecular flexibility index (Phi) is 2.96. The zero-order valence-electron chi connectivity index (χ0n) is 10.8. The molecule has 2 rings (SSSR count). The lowest BCUT2D eigenvalue weighted by Gasteiger charge is -2.35. The molecule has 17 heavy (non-hydrogen) atoms. The van der Waals surface area contributed by atoms with E-state index < -0.39 is 5.54 Å². The SMILES string of the molecule is Cc1cccc2c1N(C(=O)C(C)(C)N)CCC2. The summed E-state index contributed by atoms with van der Waals surface area (Å²) in [6, 6.07) is 6.20. The van der Waals surface area contributed by atoms with Crippen molar-refractivity contribution in [1.82, 2.24) is 0 Å². The van der Waals surface area contributed by atoms with Crippen molar-refractivity contribution in [2.24, 2.45) is 5.73 Å². The Morgan fingerprint density at radius 1 is 1.41 bits per heavy atom. The maximum absolute atomic E-state index is 12.3. The first-order valence-electron chi connectivity index (χ1n) is 6.10. The van der Waals surface area contributed by atoms with E-state index in [9.17, 15) is 4.79 Å². The summed E-state index contributed by atoms with van der Waals surface area (Å²) in [4.78, 5) is 14.2. The molecular formula is C14H20N2O. The van der Waals surface area contributed by atoms with Gasteiger partial charge in [-0.3, -0.25) is 4.79 Å². The summed E-state index contributed by atoms with van der Waals surface area (Å²) >= 11 is 0. The van der Waals surface area contributed by atoms with Gasteiger partial charge in [-0.1, -0.05) is 18.2 Å². The van der Waals surface area contributed by atoms with Crippen LogP contribution in [0, 0.1) is 6.92 Å². The molecule has 1 heterocycles. The molecule has 0 aromatic heterocycles. The van der Waals surface area contributed by atoms with Gasteiger partial charge in [0.25, 0.3) is 0 Å². The Hall–Kier alpha value is -1.35. The highest BCUT2D eigenvalue weighted by Crippen LogP contribution is 2.31. The molecular weight excluding hydrogens is 212 g/mol. The first-order valence-corrected chi connectivity index (χ1v) is 6.10. The highest BCUT2D eigenvalue weighted by Gasteiger charge is 2.32. The molecule has 0 bridgehead atoms. The van der Waals surface area contributed by atoms with E-state index in [1.807, 2.05) is 17.9 Å². The summed E-state index contributed by atoms with van der Waals surface area (Å²) in [5, 5.41) is 0. The van der Waals surface area contributed by atoms with Crippen LogP contribution in [-0.4, -0.2) is 18.0 Å². The molecule has 1 amide bonds. The highest BCUT2D eigenvalue weighted by atomic mass is 16.2. The fourth-order valence-electron chi connectivity index (χ4n) is 2.40. The smallest absolute Gasteiger partial charge is 0.246 e. The zero-order chi connectivity index (χ0) is 12.6. The maximum Gasteiger partial charge on any atom is 0.246 e. The summed E-state index contributed by atoms with van der Waals surface area (Å²) in [5.41, 5.74) is 8.60. The van der Waals surface area contributed by atoms with Crippen LogP contribution in [0.2, 0.25) is 0 Å². The molecule has 0 aliphatic carbocycles. The number of fused-ring (bicyclic) bond motifs is 1. The lowest BCUT2D eigenvalue weighted by molar-refractivity contribution is -0.122. The lowest BCUT2D eigenvalue weighted by Crippen LogP contribution is -2.52. The number of nitrogens with two attached hydrogens (primary N) is 1. The van der Waals surface area contributed by atoms with Crippen molar-refractivity contribution >= 4 is 11.6 Å². The molecule has 0 radical (unpaired) electrons. The van der Waals surface area contributed by atoms with E-state index in [0.717, 1.165) is 30.6 Å². The minimum Gasteiger partial charge on any atom is -0.318 e. The Labute approximate surface area is 103 Å². The van der Waals surface area contributed by atoms with Gasteiger partial charge in [-0.05, 0) is 44.7 Å². The van der Waals surface area contributed by atoms with E-state index in [1.165, 1.54) is 5.56 Å². The topological polar surface area (TPSA) is 46.3 Å². The van der Waals surface area contributed by atoms with Gasteiger partial charge in [-0.2, -0.15) is 0 Å². The van der Waals surface area contributed by atoms with Crippen LogP contribution in [0.3, 0.4) is 0 Å². The molecule has 2 N–H and O–H groups in total. The number of amides is 1. The van der Waals surface area contributed by atoms with Crippen molar-refractivity contribution in [3.05, 3.63) is 29.3 Å². The van der Waals surface area contributed by atoms with Crippen LogP contribution in [0.1, 0.15) is 31.4 Å². The summed E-state index contributed by atoms with van der Waals surface area (Å²) in [5.74, 6) is 0.00718. The number of para-hydroxylation sites is 1. The van der Waals surface area contributed by atoms with E-state index in [1.54, 1.807) is 13.8 Å². The molecule has 1 aliphatic rings. The largest absolute Gasteiger partial charge is 0.318 e. The van der Waals surface area contributed by atoms with Gasteiger partial charge in [0.05, 0.1) is 5.54 Å². The Morgan fingerprint density at radius 3 is 2.76 bits per heavy atom. The molecule has 3 heteroatoms. The van der Waals surface area contributed by atoms with Crippen LogP contribution in [-0.2, 0) is 11.2 Å². The maximum atomic E-state index is 12.3. The van der Waals surface area contributed by atoms with E-state index in [4.69, 9.17) is 5.73 Å². The molecule has 1 aromatic rings. The summed E-state index contributed by atoms with van der Waals surface area (Å²) in [7, 11) is 0. The quantitative estimate of drug-likeness (QED) is 0.805. The normalized spacial score (nSPS) is 15.6. The van der Waals surface area contributed by atoms with Crippen LogP contribution in [0.25, 0.3) is 0 Å². The minimum absolute atomic E-state index is 0.00718. The number of aryl methyl sites for hydroxylation is 2. The van der Waals surface area contributed by atoms with Crippen molar-refractivity contribution in [1.29, 1.82) is 0 Å². The van der Waals surface area contributed by atoms with E-state index >= 15 is 0 Å². The number of hydrogen-bond donors (Lipinski definition) is 1. The predicted octanol–water partition coefficient (Wildman–Crippen LogP) is 2.01. The van der Waals surface area contributed by atoms with Crippen molar-refractivity contribution in [2.75, 3.05) is 11.4 Å². The van der Waals surface area contributed by atoms with Crippen LogP contribution >= 0.6 is 0 Å². The first kappa shape index (κ1) is 12.1. The monoisotopic (exact) mass is 232 g/mol. The first-order chi connectivity index (χ1) is 7.91. The van der Waals surface area contributed by atoms with Gasteiger partial charge in [-0.15, -0.1) is 0 Å². The van der Waals surface area contributed by atoms with E-state index in [2.05, 4.69) is 12.1 Å². The highest BCUT2D eigenvalue weighted by molar-refractivity contribution is 6.01. The lowest BCUT2D eigenvalue weighted by atomic mass is 9.95. The Bertz CT molecular complexity index is 446. The van der Waals surface area contributed by atoms with Crippen molar-refractivity contribution in [3.63, 3.8) is 0 Å². The standard InChI is InChI=1S/C14H20N2O/c1-10-6-4-7-11-8-5-9-16(12(10)11)13(17)14(2,3)15/h4,6-7H,5,8-9,15H2,1-3H3. The van der Waals surface area contributed by atoms with Crippen LogP contribution in [0.5, 0.6) is 0 Å². The summed E-state index contributed by atoms with van der Waals surface area (Å²) in [6.45, 7) is 6.36. The molecule has 0 fully saturated rings. The second-order valence-electron chi connectivity index (χ2n) is 5.36. The van der Waals surface area contributed by atoms with Crippen LogP contribution < -0.4 is 10.6 Å². The summed E-state index contributed by atoms with van der Waals surface area (Å²) < 4.78 is 0. The van der Waals surface area contributed by atoms with Gasteiger partial charge in [0, 0.05) is 12.2 Å². The second-order valence-corrected chi connectivity index (χ2v) is 5.36. The van der Waals surface area contributed by atoms with Crippen molar-refractivity contribution < 1.29 is 4.79 Å². The number of rotatable bonds is 1. The van der Waals surface area contributed by atoms with Gasteiger partial charge in [0.1, 0.15) is 0 Å². The van der Waals surface area contributed by atoms with Crippen molar-refractivity contribution in [3.8, 4) is 0 Å². The molecule has 92 valence electrons. The van der Waals surface area contributed by atoms with Gasteiger partial charge >= 0.3 is 0 Å². The fourth-order valence-corrected chi connectivity index (χ4v) is 2.40. The molecule has 1 aromatic carbocycles.